The Balaban J connectivity index is 1.35. The number of anilines is 2. The zero-order valence-electron chi connectivity index (χ0n) is 17.6. The van der Waals surface area contributed by atoms with Crippen molar-refractivity contribution in [2.24, 2.45) is 0 Å². The molecule has 1 N–H and O–H groups in total. The van der Waals surface area contributed by atoms with E-state index in [0.29, 0.717) is 25.5 Å². The molecule has 2 aliphatic heterocycles. The molecule has 9 nitrogen and oxygen atoms in total. The van der Waals surface area contributed by atoms with Crippen molar-refractivity contribution in [2.75, 3.05) is 75.3 Å². The Bertz CT molecular complexity index is 1030. The Labute approximate surface area is 192 Å². The molecule has 12 heteroatoms. The van der Waals surface area contributed by atoms with E-state index in [1.807, 2.05) is 17.0 Å². The molecule has 0 bridgehead atoms. The van der Waals surface area contributed by atoms with Crippen molar-refractivity contribution in [3.05, 3.63) is 41.2 Å². The van der Waals surface area contributed by atoms with Crippen LogP contribution < -0.4 is 9.80 Å². The number of hydrogen-bond acceptors (Lipinski definition) is 8. The molecule has 0 radical (unpaired) electrons. The van der Waals surface area contributed by atoms with Gasteiger partial charge in [0.05, 0.1) is 16.5 Å². The number of aliphatic hydroxyl groups excluding tert-OH is 1. The standard InChI is InChI=1S/C20H26ClFN6O3S/c21-17-15-16(1-2-18(17)22)32(30,31)28-11-9-27(10-12-28)20-4-3-19(23-24-20)26-7-5-25(6-8-26)13-14-29/h1-4,15,29H,5-14H2. The Kier molecular flexibility index (Phi) is 7.11. The molecule has 0 atom stereocenters. The van der Waals surface area contributed by atoms with Gasteiger partial charge in [-0.3, -0.25) is 4.90 Å². The molecule has 2 saturated heterocycles. The summed E-state index contributed by atoms with van der Waals surface area (Å²) in [5.74, 6) is 0.867. The average molecular weight is 485 g/mol. The molecule has 2 aliphatic rings. The van der Waals surface area contributed by atoms with E-state index in [4.69, 9.17) is 16.7 Å². The van der Waals surface area contributed by atoms with Gasteiger partial charge in [0, 0.05) is 58.9 Å². The lowest BCUT2D eigenvalue weighted by Gasteiger charge is -2.36. The lowest BCUT2D eigenvalue weighted by Crippen LogP contribution is -2.49. The summed E-state index contributed by atoms with van der Waals surface area (Å²) in [6.07, 6.45) is 0. The minimum absolute atomic E-state index is 0.0134. The summed E-state index contributed by atoms with van der Waals surface area (Å²) >= 11 is 5.75. The second-order valence-electron chi connectivity index (χ2n) is 7.77. The number of hydrogen-bond donors (Lipinski definition) is 1. The number of β-amino-alcohol motifs (C(OH)–C–C–N with tert-alkyl or cyclic N) is 1. The maximum absolute atomic E-state index is 13.4. The van der Waals surface area contributed by atoms with Crippen LogP contribution in [-0.2, 0) is 10.0 Å². The summed E-state index contributed by atoms with van der Waals surface area (Å²) in [6.45, 7) is 5.79. The van der Waals surface area contributed by atoms with Gasteiger partial charge in [-0.15, -0.1) is 10.2 Å². The molecule has 2 fully saturated rings. The van der Waals surface area contributed by atoms with Crippen molar-refractivity contribution in [1.29, 1.82) is 0 Å². The maximum atomic E-state index is 13.4. The summed E-state index contributed by atoms with van der Waals surface area (Å²) in [7, 11) is -3.74. The number of aliphatic hydroxyl groups is 1. The molecule has 4 rings (SSSR count). The summed E-state index contributed by atoms with van der Waals surface area (Å²) in [5, 5.41) is 17.6. The van der Waals surface area contributed by atoms with Crippen LogP contribution in [0.15, 0.2) is 35.2 Å². The number of halogens is 2. The summed E-state index contributed by atoms with van der Waals surface area (Å²) < 4.78 is 40.5. The zero-order valence-corrected chi connectivity index (χ0v) is 19.1. The molecule has 174 valence electrons. The van der Waals surface area contributed by atoms with Crippen LogP contribution in [0, 0.1) is 5.82 Å². The highest BCUT2D eigenvalue weighted by molar-refractivity contribution is 7.89. The smallest absolute Gasteiger partial charge is 0.243 e. The van der Waals surface area contributed by atoms with Gasteiger partial charge in [0.25, 0.3) is 0 Å². The normalized spacial score (nSPS) is 18.8. The highest BCUT2D eigenvalue weighted by Crippen LogP contribution is 2.24. The predicted octanol–water partition coefficient (Wildman–Crippen LogP) is 0.894. The number of sulfonamides is 1. The third-order valence-electron chi connectivity index (χ3n) is 5.84. The average Bonchev–Trinajstić information content (AvgIpc) is 2.82. The molecule has 0 saturated carbocycles. The molecule has 1 aromatic heterocycles. The molecule has 1 aromatic carbocycles. The van der Waals surface area contributed by atoms with Crippen LogP contribution in [-0.4, -0.2) is 98.4 Å². The first kappa shape index (κ1) is 23.1. The quantitative estimate of drug-likeness (QED) is 0.646. The zero-order chi connectivity index (χ0) is 22.7. The van der Waals surface area contributed by atoms with Crippen LogP contribution >= 0.6 is 11.6 Å². The first-order valence-electron chi connectivity index (χ1n) is 10.5. The lowest BCUT2D eigenvalue weighted by atomic mass is 10.3. The van der Waals surface area contributed by atoms with E-state index in [1.165, 1.54) is 10.4 Å². The second-order valence-corrected chi connectivity index (χ2v) is 10.1. The molecule has 0 amide bonds. The van der Waals surface area contributed by atoms with Crippen molar-refractivity contribution in [3.8, 4) is 0 Å². The van der Waals surface area contributed by atoms with Gasteiger partial charge in [-0.05, 0) is 30.3 Å². The van der Waals surface area contributed by atoms with Crippen molar-refractivity contribution < 1.29 is 17.9 Å². The maximum Gasteiger partial charge on any atom is 0.243 e. The number of benzene rings is 1. The summed E-state index contributed by atoms with van der Waals surface area (Å²) in [4.78, 5) is 6.37. The van der Waals surface area contributed by atoms with E-state index in [1.54, 1.807) is 0 Å². The lowest BCUT2D eigenvalue weighted by molar-refractivity contribution is 0.188. The van der Waals surface area contributed by atoms with Gasteiger partial charge >= 0.3 is 0 Å². The van der Waals surface area contributed by atoms with E-state index in [0.717, 1.165) is 44.1 Å². The Hall–Kier alpha value is -2.05. The van der Waals surface area contributed by atoms with Crippen LogP contribution in [0.4, 0.5) is 16.0 Å². The van der Waals surface area contributed by atoms with Gasteiger partial charge in [-0.1, -0.05) is 11.6 Å². The van der Waals surface area contributed by atoms with Crippen molar-refractivity contribution >= 4 is 33.3 Å². The Morgan fingerprint density at radius 3 is 1.97 bits per heavy atom. The van der Waals surface area contributed by atoms with E-state index < -0.39 is 15.8 Å². The monoisotopic (exact) mass is 484 g/mol. The molecule has 32 heavy (non-hydrogen) atoms. The largest absolute Gasteiger partial charge is 0.395 e. The number of piperazine rings is 2. The number of rotatable bonds is 6. The molecule has 0 unspecified atom stereocenters. The Morgan fingerprint density at radius 2 is 1.47 bits per heavy atom. The number of aromatic nitrogens is 2. The third-order valence-corrected chi connectivity index (χ3v) is 8.02. The van der Waals surface area contributed by atoms with E-state index in [9.17, 15) is 12.8 Å². The van der Waals surface area contributed by atoms with Crippen LogP contribution in [0.3, 0.4) is 0 Å². The minimum atomic E-state index is -3.74. The molecular formula is C20H26ClFN6O3S. The number of nitrogens with zero attached hydrogens (tertiary/aromatic N) is 6. The minimum Gasteiger partial charge on any atom is -0.395 e. The van der Waals surface area contributed by atoms with Crippen molar-refractivity contribution in [1.82, 2.24) is 19.4 Å². The fourth-order valence-electron chi connectivity index (χ4n) is 3.94. The fourth-order valence-corrected chi connectivity index (χ4v) is 5.64. The topological polar surface area (TPSA) is 93.1 Å². The van der Waals surface area contributed by atoms with Gasteiger partial charge in [0.1, 0.15) is 5.82 Å². The Morgan fingerprint density at radius 1 is 0.906 bits per heavy atom. The van der Waals surface area contributed by atoms with Crippen molar-refractivity contribution in [3.63, 3.8) is 0 Å². The van der Waals surface area contributed by atoms with Gasteiger partial charge in [0.2, 0.25) is 10.0 Å². The van der Waals surface area contributed by atoms with E-state index in [-0.39, 0.29) is 29.6 Å². The van der Waals surface area contributed by atoms with Gasteiger partial charge in [0.15, 0.2) is 11.6 Å². The van der Waals surface area contributed by atoms with Crippen molar-refractivity contribution in [2.45, 2.75) is 4.90 Å². The van der Waals surface area contributed by atoms with Gasteiger partial charge in [-0.25, -0.2) is 12.8 Å². The molecule has 3 heterocycles. The fraction of sp³-hybridized carbons (Fsp3) is 0.500. The van der Waals surface area contributed by atoms with Crippen LogP contribution in [0.1, 0.15) is 0 Å². The molecule has 2 aromatic rings. The SMILES string of the molecule is O=S(=O)(c1ccc(F)c(Cl)c1)N1CCN(c2ccc(N3CCN(CCO)CC3)nn2)CC1. The third kappa shape index (κ3) is 4.96. The first-order chi connectivity index (χ1) is 15.4. The van der Waals surface area contributed by atoms with Gasteiger partial charge < -0.3 is 14.9 Å². The second kappa shape index (κ2) is 9.84. The summed E-state index contributed by atoms with van der Waals surface area (Å²) in [5.41, 5.74) is 0. The predicted molar refractivity (Wildman–Crippen MR) is 120 cm³/mol. The highest BCUT2D eigenvalue weighted by Gasteiger charge is 2.29. The van der Waals surface area contributed by atoms with Crippen LogP contribution in [0.2, 0.25) is 5.02 Å². The van der Waals surface area contributed by atoms with E-state index in [2.05, 4.69) is 20.0 Å². The van der Waals surface area contributed by atoms with Gasteiger partial charge in [-0.2, -0.15) is 4.31 Å². The first-order valence-corrected chi connectivity index (χ1v) is 12.3. The van der Waals surface area contributed by atoms with E-state index >= 15 is 0 Å². The molecular weight excluding hydrogens is 459 g/mol. The molecule has 0 aliphatic carbocycles. The highest BCUT2D eigenvalue weighted by atomic mass is 35.5. The van der Waals surface area contributed by atoms with Crippen LogP contribution in [0.5, 0.6) is 0 Å². The molecule has 0 spiro atoms. The summed E-state index contributed by atoms with van der Waals surface area (Å²) in [6, 6.07) is 7.29. The van der Waals surface area contributed by atoms with Crippen LogP contribution in [0.25, 0.3) is 0 Å².